The highest BCUT2D eigenvalue weighted by atomic mass is 16.5. The lowest BCUT2D eigenvalue weighted by Crippen LogP contribution is -2.31. The highest BCUT2D eigenvalue weighted by molar-refractivity contribution is 5.85. The van der Waals surface area contributed by atoms with E-state index < -0.39 is 6.09 Å². The number of carbonyl (C=O) groups is 2. The summed E-state index contributed by atoms with van der Waals surface area (Å²) >= 11 is 0. The lowest BCUT2D eigenvalue weighted by molar-refractivity contribution is -0.120. The predicted molar refractivity (Wildman–Crippen MR) is 89.3 cm³/mol. The number of hydrazine groups is 1. The molecular formula is C12H29N7O5. The minimum absolute atomic E-state index is 0. The lowest BCUT2D eigenvalue weighted by Gasteiger charge is -2.04. The number of nitrogens with one attached hydrogen (secondary N) is 2. The number of carbonyl (C=O) groups excluding carboxylic acids is 2. The predicted octanol–water partition coefficient (Wildman–Crippen LogP) is -2.03. The minimum Gasteiger partial charge on any atom is -0.453 e. The number of nitrogen functional groups attached to an aromatic ring is 1. The molecule has 0 unspecified atom stereocenters. The van der Waals surface area contributed by atoms with Crippen LogP contribution in [0.4, 0.5) is 4.79 Å². The van der Waals surface area contributed by atoms with Crippen molar-refractivity contribution in [3.05, 3.63) is 16.3 Å². The van der Waals surface area contributed by atoms with E-state index in [2.05, 4.69) is 31.9 Å². The number of aromatic nitrogens is 3. The number of hydrogen-bond acceptors (Lipinski definition) is 8. The number of nitrogens with zero attached hydrogens (tertiary/aromatic N) is 2. The largest absolute Gasteiger partial charge is 0.453 e. The number of ether oxygens (including phenoxy) is 1. The Bertz CT molecular complexity index is 524. The fraction of sp³-hybridized carbons (Fsp3) is 0.667. The summed E-state index contributed by atoms with van der Waals surface area (Å²) in [5, 5.41) is 8.27. The summed E-state index contributed by atoms with van der Waals surface area (Å²) in [5.41, 5.74) is -0.372. The van der Waals surface area contributed by atoms with Gasteiger partial charge in [-0.15, -0.1) is 0 Å². The van der Waals surface area contributed by atoms with Gasteiger partial charge in [0, 0.05) is 11.8 Å². The third-order valence-corrected chi connectivity index (χ3v) is 2.48. The van der Waals surface area contributed by atoms with E-state index in [1.165, 1.54) is 7.11 Å². The number of methoxy groups -OCH3 is 1. The Balaban J connectivity index is -0.000000321. The van der Waals surface area contributed by atoms with Crippen LogP contribution in [-0.4, -0.2) is 45.9 Å². The minimum atomic E-state index is -0.570. The zero-order valence-electron chi connectivity index (χ0n) is 14.6. The van der Waals surface area contributed by atoms with Gasteiger partial charge < -0.3 is 21.4 Å². The molecule has 0 radical (unpaired) electrons. The van der Waals surface area contributed by atoms with Gasteiger partial charge in [0.25, 0.3) is 0 Å². The third kappa shape index (κ3) is 10.3. The average molecular weight is 351 g/mol. The second kappa shape index (κ2) is 14.2. The Hall–Kier alpha value is -2.44. The van der Waals surface area contributed by atoms with Crippen molar-refractivity contribution < 1.29 is 19.8 Å². The van der Waals surface area contributed by atoms with Crippen LogP contribution in [0.1, 0.15) is 39.4 Å². The smallest absolute Gasteiger partial charge is 0.407 e. The normalized spacial score (nSPS) is 9.04. The van der Waals surface area contributed by atoms with Crippen molar-refractivity contribution in [3.63, 3.8) is 0 Å². The molecule has 1 rings (SSSR count). The van der Waals surface area contributed by atoms with Crippen LogP contribution < -0.4 is 28.5 Å². The number of amides is 1. The summed E-state index contributed by atoms with van der Waals surface area (Å²) in [6.45, 7) is 7.44. The SMILES string of the molecule is CC(C)c1n[nH]c(=O)n1N.COC(=O)NCC(=O)C(C)C.NN.O. The van der Waals surface area contributed by atoms with Crippen molar-refractivity contribution in [2.24, 2.45) is 17.6 Å². The lowest BCUT2D eigenvalue weighted by atomic mass is 10.1. The first-order valence-electron chi connectivity index (χ1n) is 6.80. The topological polar surface area (TPSA) is 216 Å². The number of alkyl carbamates (subject to hydrolysis) is 1. The van der Waals surface area contributed by atoms with Crippen molar-refractivity contribution in [1.29, 1.82) is 0 Å². The van der Waals surface area contributed by atoms with E-state index in [4.69, 9.17) is 5.84 Å². The number of H-pyrrole nitrogens is 1. The summed E-state index contributed by atoms with van der Waals surface area (Å²) < 4.78 is 5.30. The molecule has 0 atom stereocenters. The fourth-order valence-corrected chi connectivity index (χ4v) is 1.16. The second-order valence-corrected chi connectivity index (χ2v) is 4.88. The Morgan fingerprint density at radius 3 is 2.04 bits per heavy atom. The summed E-state index contributed by atoms with van der Waals surface area (Å²) in [7, 11) is 1.26. The molecular weight excluding hydrogens is 322 g/mol. The highest BCUT2D eigenvalue weighted by Crippen LogP contribution is 2.04. The molecule has 0 saturated carbocycles. The van der Waals surface area contributed by atoms with Crippen LogP contribution >= 0.6 is 0 Å². The zero-order chi connectivity index (χ0) is 18.6. The molecule has 10 N–H and O–H groups in total. The Morgan fingerprint density at radius 2 is 1.79 bits per heavy atom. The number of aromatic amines is 1. The van der Waals surface area contributed by atoms with Crippen LogP contribution in [-0.2, 0) is 9.53 Å². The van der Waals surface area contributed by atoms with Crippen molar-refractivity contribution >= 4 is 11.9 Å². The highest BCUT2D eigenvalue weighted by Gasteiger charge is 2.08. The van der Waals surface area contributed by atoms with Gasteiger partial charge in [-0.3, -0.25) is 16.5 Å². The Labute approximate surface area is 140 Å². The van der Waals surface area contributed by atoms with Crippen LogP contribution in [0.3, 0.4) is 0 Å². The molecule has 0 saturated heterocycles. The van der Waals surface area contributed by atoms with Gasteiger partial charge in [0.2, 0.25) is 0 Å². The van der Waals surface area contributed by atoms with E-state index in [-0.39, 0.29) is 35.3 Å². The molecule has 0 aliphatic rings. The van der Waals surface area contributed by atoms with E-state index in [1.54, 1.807) is 13.8 Å². The van der Waals surface area contributed by atoms with Gasteiger partial charge in [-0.2, -0.15) is 9.77 Å². The Kier molecular flexibility index (Phi) is 15.6. The number of ketones is 1. The van der Waals surface area contributed by atoms with Crippen LogP contribution in [0.2, 0.25) is 0 Å². The molecule has 0 aliphatic carbocycles. The maximum absolute atomic E-state index is 10.9. The molecule has 1 amide bonds. The van der Waals surface area contributed by atoms with E-state index in [9.17, 15) is 14.4 Å². The first-order chi connectivity index (χ1) is 10.7. The Morgan fingerprint density at radius 1 is 1.29 bits per heavy atom. The molecule has 142 valence electrons. The van der Waals surface area contributed by atoms with Gasteiger partial charge in [-0.25, -0.2) is 14.7 Å². The number of hydrogen-bond donors (Lipinski definition) is 5. The summed E-state index contributed by atoms with van der Waals surface area (Å²) in [6, 6.07) is 0. The first-order valence-corrected chi connectivity index (χ1v) is 6.80. The van der Waals surface area contributed by atoms with Gasteiger partial charge in [-0.05, 0) is 0 Å². The average Bonchev–Trinajstić information content (AvgIpc) is 2.86. The number of rotatable bonds is 4. The maximum Gasteiger partial charge on any atom is 0.407 e. The molecule has 12 nitrogen and oxygen atoms in total. The van der Waals surface area contributed by atoms with Crippen molar-refractivity contribution in [2.45, 2.75) is 33.6 Å². The van der Waals surface area contributed by atoms with E-state index in [0.29, 0.717) is 5.82 Å². The number of nitrogens with two attached hydrogens (primary N) is 3. The maximum atomic E-state index is 10.9. The third-order valence-electron chi connectivity index (χ3n) is 2.48. The summed E-state index contributed by atoms with van der Waals surface area (Å²) in [4.78, 5) is 32.0. The van der Waals surface area contributed by atoms with Crippen molar-refractivity contribution in [3.8, 4) is 0 Å². The molecule has 0 spiro atoms. The molecule has 1 aromatic rings. The van der Waals surface area contributed by atoms with Gasteiger partial charge in [-0.1, -0.05) is 27.7 Å². The van der Waals surface area contributed by atoms with Crippen LogP contribution in [0.15, 0.2) is 4.79 Å². The number of Topliss-reactive ketones (excluding diaryl/α,β-unsaturated/α-hetero) is 1. The van der Waals surface area contributed by atoms with Crippen LogP contribution in [0, 0.1) is 5.92 Å². The molecule has 24 heavy (non-hydrogen) atoms. The molecule has 12 heteroatoms. The molecule has 0 aliphatic heterocycles. The molecule has 0 bridgehead atoms. The van der Waals surface area contributed by atoms with E-state index in [1.807, 2.05) is 13.8 Å². The molecule has 1 aromatic heterocycles. The fourth-order valence-electron chi connectivity index (χ4n) is 1.16. The standard InChI is InChI=1S/C7H13NO3.C5H10N4O.H4N2.H2O/c1-5(2)6(9)4-8-7(10)11-3;1-3(2)4-7-8-5(10)9(4)6;1-2;/h5H,4H2,1-3H3,(H,8,10);3H,6H2,1-2H3,(H,8,10);1-2H2;1H2. The van der Waals surface area contributed by atoms with Gasteiger partial charge in [0.05, 0.1) is 13.7 Å². The second-order valence-electron chi connectivity index (χ2n) is 4.88. The molecule has 0 fully saturated rings. The quantitative estimate of drug-likeness (QED) is 0.300. The van der Waals surface area contributed by atoms with E-state index in [0.717, 1.165) is 4.68 Å². The monoisotopic (exact) mass is 351 g/mol. The van der Waals surface area contributed by atoms with Crippen LogP contribution in [0.25, 0.3) is 0 Å². The van der Waals surface area contributed by atoms with Gasteiger partial charge in [0.1, 0.15) is 0 Å². The first kappa shape index (κ1) is 26.5. The molecule has 1 heterocycles. The van der Waals surface area contributed by atoms with Gasteiger partial charge in [0.15, 0.2) is 11.6 Å². The zero-order valence-corrected chi connectivity index (χ0v) is 14.6. The van der Waals surface area contributed by atoms with E-state index >= 15 is 0 Å². The van der Waals surface area contributed by atoms with Crippen LogP contribution in [0.5, 0.6) is 0 Å². The van der Waals surface area contributed by atoms with Crippen molar-refractivity contribution in [2.75, 3.05) is 19.5 Å². The summed E-state index contributed by atoms with van der Waals surface area (Å²) in [6.07, 6.45) is -0.570. The van der Waals surface area contributed by atoms with Crippen molar-refractivity contribution in [1.82, 2.24) is 20.2 Å². The van der Waals surface area contributed by atoms with Gasteiger partial charge >= 0.3 is 11.8 Å². The summed E-state index contributed by atoms with van der Waals surface area (Å²) in [5.74, 6) is 14.0. The molecule has 0 aromatic carbocycles.